The minimum Gasteiger partial charge on any atom is -0.455 e. The summed E-state index contributed by atoms with van der Waals surface area (Å²) in [5, 5.41) is 7.06. The van der Waals surface area contributed by atoms with Gasteiger partial charge in [-0.3, -0.25) is 9.59 Å². The fraction of sp³-hybridized carbons (Fsp3) is 0.111. The van der Waals surface area contributed by atoms with Crippen LogP contribution in [0.15, 0.2) is 55.1 Å². The summed E-state index contributed by atoms with van der Waals surface area (Å²) in [6, 6.07) is 10.3. The third kappa shape index (κ3) is 5.11. The molecule has 0 radical (unpaired) electrons. The molecular weight excluding hydrogens is 375 g/mol. The molecule has 7 nitrogen and oxygen atoms in total. The summed E-state index contributed by atoms with van der Waals surface area (Å²) >= 11 is 5.98. The summed E-state index contributed by atoms with van der Waals surface area (Å²) in [6.07, 6.45) is 2.77. The van der Waals surface area contributed by atoms with E-state index in [0.717, 1.165) is 0 Å². The highest BCUT2D eigenvalue weighted by atomic mass is 35.5. The Kier molecular flexibility index (Phi) is 5.77. The van der Waals surface area contributed by atoms with Gasteiger partial charge in [0.25, 0.3) is 5.91 Å². The lowest BCUT2D eigenvalue weighted by Gasteiger charge is -2.11. The maximum absolute atomic E-state index is 12.9. The second-order valence-corrected chi connectivity index (χ2v) is 5.95. The van der Waals surface area contributed by atoms with E-state index >= 15 is 0 Å². The smallest absolute Gasteiger partial charge is 0.310 e. The number of aromatic nitrogens is 3. The van der Waals surface area contributed by atoms with Crippen molar-refractivity contribution >= 4 is 29.2 Å². The van der Waals surface area contributed by atoms with Gasteiger partial charge in [-0.2, -0.15) is 5.10 Å². The van der Waals surface area contributed by atoms with Gasteiger partial charge in [0.2, 0.25) is 0 Å². The molecule has 2 aromatic carbocycles. The standard InChI is InChI=1S/C18H14ClFN4O3/c19-13-3-6-16(24-11-21-10-22-24)15(8-13)23-17(25)9-27-18(26)7-12-1-4-14(20)5-2-12/h1-6,8,10-11H,7,9H2,(H,23,25). The van der Waals surface area contributed by atoms with Crippen molar-refractivity contribution in [1.82, 2.24) is 14.8 Å². The number of amides is 1. The van der Waals surface area contributed by atoms with E-state index in [4.69, 9.17) is 16.3 Å². The Morgan fingerprint density at radius 1 is 1.19 bits per heavy atom. The van der Waals surface area contributed by atoms with Gasteiger partial charge in [-0.15, -0.1) is 0 Å². The summed E-state index contributed by atoms with van der Waals surface area (Å²) in [5.41, 5.74) is 1.54. The zero-order chi connectivity index (χ0) is 19.2. The number of hydrogen-bond acceptors (Lipinski definition) is 5. The molecule has 1 N–H and O–H groups in total. The molecule has 0 aliphatic heterocycles. The van der Waals surface area contributed by atoms with Gasteiger partial charge in [-0.05, 0) is 35.9 Å². The fourth-order valence-electron chi connectivity index (χ4n) is 2.29. The average Bonchev–Trinajstić information content (AvgIpc) is 3.16. The van der Waals surface area contributed by atoms with Crippen molar-refractivity contribution in [2.24, 2.45) is 0 Å². The predicted molar refractivity (Wildman–Crippen MR) is 96.1 cm³/mol. The number of hydrogen-bond donors (Lipinski definition) is 1. The molecule has 1 amide bonds. The predicted octanol–water partition coefficient (Wildman–Crippen LogP) is 2.78. The molecule has 0 saturated heterocycles. The number of carbonyl (C=O) groups is 2. The molecule has 9 heteroatoms. The number of esters is 1. The number of benzene rings is 2. The first-order valence-corrected chi connectivity index (χ1v) is 8.23. The molecule has 3 aromatic rings. The van der Waals surface area contributed by atoms with Crippen LogP contribution in [0.5, 0.6) is 0 Å². The monoisotopic (exact) mass is 388 g/mol. The number of carbonyl (C=O) groups excluding carboxylic acids is 2. The van der Waals surface area contributed by atoms with Crippen molar-refractivity contribution in [3.05, 3.63) is 71.5 Å². The van der Waals surface area contributed by atoms with Crippen LogP contribution in [0.3, 0.4) is 0 Å². The van der Waals surface area contributed by atoms with Gasteiger partial charge in [0, 0.05) is 5.02 Å². The van der Waals surface area contributed by atoms with Crippen LogP contribution in [-0.4, -0.2) is 33.2 Å². The van der Waals surface area contributed by atoms with E-state index in [1.54, 1.807) is 18.2 Å². The minimum atomic E-state index is -0.598. The molecule has 27 heavy (non-hydrogen) atoms. The van der Waals surface area contributed by atoms with E-state index in [9.17, 15) is 14.0 Å². The van der Waals surface area contributed by atoms with Crippen molar-refractivity contribution in [3.63, 3.8) is 0 Å². The van der Waals surface area contributed by atoms with Crippen LogP contribution in [-0.2, 0) is 20.7 Å². The minimum absolute atomic E-state index is 0.0606. The molecule has 0 saturated carbocycles. The second-order valence-electron chi connectivity index (χ2n) is 5.51. The van der Waals surface area contributed by atoms with Crippen molar-refractivity contribution in [1.29, 1.82) is 0 Å². The van der Waals surface area contributed by atoms with Crippen molar-refractivity contribution in [2.75, 3.05) is 11.9 Å². The van der Waals surface area contributed by atoms with Crippen LogP contribution in [0, 0.1) is 5.82 Å². The first-order chi connectivity index (χ1) is 13.0. The molecule has 0 bridgehead atoms. The molecule has 0 aliphatic carbocycles. The number of nitrogens with one attached hydrogen (secondary N) is 1. The maximum Gasteiger partial charge on any atom is 0.310 e. The van der Waals surface area contributed by atoms with Crippen molar-refractivity contribution in [2.45, 2.75) is 6.42 Å². The Bertz CT molecular complexity index is 946. The molecule has 0 fully saturated rings. The van der Waals surface area contributed by atoms with Crippen molar-refractivity contribution < 1.29 is 18.7 Å². The van der Waals surface area contributed by atoms with E-state index in [1.807, 2.05) is 0 Å². The summed E-state index contributed by atoms with van der Waals surface area (Å²) in [7, 11) is 0. The summed E-state index contributed by atoms with van der Waals surface area (Å²) in [5.74, 6) is -1.53. The van der Waals surface area contributed by atoms with E-state index in [2.05, 4.69) is 15.4 Å². The molecule has 0 unspecified atom stereocenters. The van der Waals surface area contributed by atoms with Crippen LogP contribution >= 0.6 is 11.6 Å². The lowest BCUT2D eigenvalue weighted by Crippen LogP contribution is -2.22. The first-order valence-electron chi connectivity index (χ1n) is 7.86. The SMILES string of the molecule is O=C(COC(=O)Cc1ccc(F)cc1)Nc1cc(Cl)ccc1-n1cncn1. The summed E-state index contributed by atoms with van der Waals surface area (Å²) in [6.45, 7) is -0.469. The van der Waals surface area contributed by atoms with E-state index in [0.29, 0.717) is 22.0 Å². The van der Waals surface area contributed by atoms with Gasteiger partial charge in [-0.25, -0.2) is 14.1 Å². The molecule has 1 heterocycles. The third-order valence-electron chi connectivity index (χ3n) is 3.52. The highest BCUT2D eigenvalue weighted by Crippen LogP contribution is 2.23. The lowest BCUT2D eigenvalue weighted by molar-refractivity contribution is -0.146. The van der Waals surface area contributed by atoms with Crippen LogP contribution in [0.1, 0.15) is 5.56 Å². The van der Waals surface area contributed by atoms with E-state index in [1.165, 1.54) is 41.6 Å². The Morgan fingerprint density at radius 2 is 1.96 bits per heavy atom. The van der Waals surface area contributed by atoms with Crippen LogP contribution in [0.2, 0.25) is 5.02 Å². The van der Waals surface area contributed by atoms with Gasteiger partial charge >= 0.3 is 5.97 Å². The quantitative estimate of drug-likeness (QED) is 0.656. The van der Waals surface area contributed by atoms with Gasteiger partial charge in [0.1, 0.15) is 18.5 Å². The summed E-state index contributed by atoms with van der Waals surface area (Å²) in [4.78, 5) is 27.8. The highest BCUT2D eigenvalue weighted by Gasteiger charge is 2.13. The molecule has 138 valence electrons. The molecule has 0 aliphatic rings. The van der Waals surface area contributed by atoms with Crippen LogP contribution in [0.4, 0.5) is 10.1 Å². The third-order valence-corrected chi connectivity index (χ3v) is 3.76. The second kappa shape index (κ2) is 8.41. The normalized spacial score (nSPS) is 10.4. The van der Waals surface area contributed by atoms with Gasteiger partial charge < -0.3 is 10.1 Å². The molecular formula is C18H14ClFN4O3. The first kappa shape index (κ1) is 18.5. The van der Waals surface area contributed by atoms with Gasteiger partial charge in [-0.1, -0.05) is 23.7 Å². The number of halogens is 2. The Balaban J connectivity index is 1.59. The Labute approximate surface area is 158 Å². The fourth-order valence-corrected chi connectivity index (χ4v) is 2.47. The summed E-state index contributed by atoms with van der Waals surface area (Å²) < 4.78 is 19.3. The highest BCUT2D eigenvalue weighted by molar-refractivity contribution is 6.31. The number of anilines is 1. The number of nitrogens with zero attached hydrogens (tertiary/aromatic N) is 3. The van der Waals surface area contributed by atoms with Crippen LogP contribution < -0.4 is 5.32 Å². The zero-order valence-electron chi connectivity index (χ0n) is 13.9. The Hall–Kier alpha value is -3.26. The zero-order valence-corrected chi connectivity index (χ0v) is 14.7. The van der Waals surface area contributed by atoms with E-state index in [-0.39, 0.29) is 6.42 Å². The topological polar surface area (TPSA) is 86.1 Å². The molecule has 3 rings (SSSR count). The lowest BCUT2D eigenvalue weighted by atomic mass is 10.1. The van der Waals surface area contributed by atoms with Gasteiger partial charge in [0.05, 0.1) is 17.8 Å². The number of ether oxygens (including phenoxy) is 1. The maximum atomic E-state index is 12.9. The molecule has 1 aromatic heterocycles. The van der Waals surface area contributed by atoms with E-state index < -0.39 is 24.3 Å². The van der Waals surface area contributed by atoms with Gasteiger partial charge in [0.15, 0.2) is 6.61 Å². The largest absolute Gasteiger partial charge is 0.455 e. The number of rotatable bonds is 6. The molecule has 0 atom stereocenters. The molecule has 0 spiro atoms. The Morgan fingerprint density at radius 3 is 2.67 bits per heavy atom. The van der Waals surface area contributed by atoms with Crippen LogP contribution in [0.25, 0.3) is 5.69 Å². The van der Waals surface area contributed by atoms with Crippen molar-refractivity contribution in [3.8, 4) is 5.69 Å². The average molecular weight is 389 g/mol.